The van der Waals surface area contributed by atoms with Crippen LogP contribution in [-0.2, 0) is 9.53 Å². The minimum Gasteiger partial charge on any atom is -0.494 e. The number of carbonyl (C=O) groups is 1. The van der Waals surface area contributed by atoms with Gasteiger partial charge in [0.05, 0.1) is 13.2 Å². The van der Waals surface area contributed by atoms with Crippen molar-refractivity contribution in [2.24, 2.45) is 10.9 Å². The summed E-state index contributed by atoms with van der Waals surface area (Å²) in [5, 5.41) is 0. The van der Waals surface area contributed by atoms with E-state index in [9.17, 15) is 4.79 Å². The maximum atomic E-state index is 12.7. The molecule has 4 heteroatoms. The van der Waals surface area contributed by atoms with E-state index in [0.29, 0.717) is 12.5 Å². The first-order valence-electron chi connectivity index (χ1n) is 13.3. The van der Waals surface area contributed by atoms with Crippen LogP contribution in [0.25, 0.3) is 6.08 Å². The number of benzene rings is 2. The summed E-state index contributed by atoms with van der Waals surface area (Å²) in [6.45, 7) is 7.54. The molecule has 0 aliphatic rings. The summed E-state index contributed by atoms with van der Waals surface area (Å²) >= 11 is 0. The predicted molar refractivity (Wildman–Crippen MR) is 147 cm³/mol. The number of rotatable bonds is 17. The summed E-state index contributed by atoms with van der Waals surface area (Å²) in [6.07, 6.45) is 14.7. The Bertz CT molecular complexity index is 887. The Labute approximate surface area is 212 Å². The van der Waals surface area contributed by atoms with Gasteiger partial charge in [-0.2, -0.15) is 0 Å². The van der Waals surface area contributed by atoms with Gasteiger partial charge < -0.3 is 9.47 Å². The molecule has 35 heavy (non-hydrogen) atoms. The van der Waals surface area contributed by atoms with E-state index in [4.69, 9.17) is 9.47 Å². The average molecular weight is 478 g/mol. The van der Waals surface area contributed by atoms with Crippen molar-refractivity contribution in [2.45, 2.75) is 78.6 Å². The molecule has 0 aliphatic heterocycles. The van der Waals surface area contributed by atoms with Crippen molar-refractivity contribution in [2.75, 3.05) is 13.2 Å². The molecule has 1 atom stereocenters. The van der Waals surface area contributed by atoms with Gasteiger partial charge in [0.15, 0.2) is 0 Å². The third-order valence-corrected chi connectivity index (χ3v) is 6.01. The smallest absolute Gasteiger partial charge is 0.356 e. The summed E-state index contributed by atoms with van der Waals surface area (Å²) in [7, 11) is 0. The molecule has 0 N–H and O–H groups in total. The Kier molecular flexibility index (Phi) is 14.2. The summed E-state index contributed by atoms with van der Waals surface area (Å²) in [5.41, 5.74) is 2.09. The normalized spacial score (nSPS) is 12.6. The highest BCUT2D eigenvalue weighted by Crippen LogP contribution is 2.15. The zero-order chi connectivity index (χ0) is 25.1. The molecule has 0 heterocycles. The van der Waals surface area contributed by atoms with Gasteiger partial charge in [-0.3, -0.25) is 0 Å². The Hall–Kier alpha value is -2.88. The highest BCUT2D eigenvalue weighted by Gasteiger charge is 2.12. The quantitative estimate of drug-likeness (QED) is 0.0997. The van der Waals surface area contributed by atoms with E-state index in [2.05, 4.69) is 25.8 Å². The van der Waals surface area contributed by atoms with Crippen LogP contribution in [0.15, 0.2) is 65.3 Å². The molecule has 1 unspecified atom stereocenters. The van der Waals surface area contributed by atoms with Crippen molar-refractivity contribution in [3.8, 4) is 5.75 Å². The minimum absolute atomic E-state index is 0.287. The van der Waals surface area contributed by atoms with Crippen LogP contribution in [-0.4, -0.2) is 25.4 Å². The highest BCUT2D eigenvalue weighted by atomic mass is 16.5. The topological polar surface area (TPSA) is 47.9 Å². The molecule has 0 saturated heterocycles. The second-order valence-electron chi connectivity index (χ2n) is 9.20. The van der Waals surface area contributed by atoms with E-state index in [1.165, 1.54) is 44.9 Å². The Morgan fingerprint density at radius 1 is 0.857 bits per heavy atom. The lowest BCUT2D eigenvalue weighted by atomic mass is 10.1. The van der Waals surface area contributed by atoms with Gasteiger partial charge >= 0.3 is 5.97 Å². The molecule has 0 aliphatic carbocycles. The van der Waals surface area contributed by atoms with Gasteiger partial charge in [-0.1, -0.05) is 102 Å². The van der Waals surface area contributed by atoms with Crippen LogP contribution in [0.5, 0.6) is 5.75 Å². The fourth-order valence-corrected chi connectivity index (χ4v) is 3.49. The lowest BCUT2D eigenvalue weighted by Gasteiger charge is -2.10. The van der Waals surface area contributed by atoms with Crippen molar-refractivity contribution in [3.05, 3.63) is 71.4 Å². The van der Waals surface area contributed by atoms with E-state index >= 15 is 0 Å². The largest absolute Gasteiger partial charge is 0.494 e. The summed E-state index contributed by atoms with van der Waals surface area (Å²) in [4.78, 5) is 17.1. The molecular formula is C31H43NO3. The van der Waals surface area contributed by atoms with Crippen molar-refractivity contribution < 1.29 is 14.3 Å². The van der Waals surface area contributed by atoms with Gasteiger partial charge in [0.25, 0.3) is 0 Å². The van der Waals surface area contributed by atoms with Crippen LogP contribution in [0.4, 0.5) is 0 Å². The predicted octanol–water partition coefficient (Wildman–Crippen LogP) is 8.26. The zero-order valence-corrected chi connectivity index (χ0v) is 21.9. The summed E-state index contributed by atoms with van der Waals surface area (Å²) in [5.74, 6) is 0.771. The van der Waals surface area contributed by atoms with Gasteiger partial charge in [0.1, 0.15) is 11.4 Å². The van der Waals surface area contributed by atoms with Crippen molar-refractivity contribution in [1.82, 2.24) is 0 Å². The first-order chi connectivity index (χ1) is 17.1. The van der Waals surface area contributed by atoms with Crippen molar-refractivity contribution >= 4 is 18.3 Å². The Morgan fingerprint density at radius 3 is 2.17 bits per heavy atom. The Balaban J connectivity index is 1.87. The lowest BCUT2D eigenvalue weighted by molar-refractivity contribution is -0.140. The van der Waals surface area contributed by atoms with E-state index in [1.54, 1.807) is 12.3 Å². The van der Waals surface area contributed by atoms with Crippen LogP contribution in [0.3, 0.4) is 0 Å². The second-order valence-corrected chi connectivity index (χ2v) is 9.20. The van der Waals surface area contributed by atoms with Gasteiger partial charge in [0.2, 0.25) is 0 Å². The van der Waals surface area contributed by atoms with Crippen LogP contribution < -0.4 is 4.74 Å². The van der Waals surface area contributed by atoms with Gasteiger partial charge in [0, 0.05) is 6.21 Å². The second kappa shape index (κ2) is 17.5. The minimum atomic E-state index is -0.407. The maximum Gasteiger partial charge on any atom is 0.356 e. The fraction of sp³-hybridized carbons (Fsp3) is 0.484. The van der Waals surface area contributed by atoms with Gasteiger partial charge in [-0.05, 0) is 53.8 Å². The molecule has 0 amide bonds. The van der Waals surface area contributed by atoms with Crippen LogP contribution in [0.2, 0.25) is 0 Å². The molecule has 0 spiro atoms. The number of nitrogens with zero attached hydrogens (tertiary/aromatic N) is 1. The van der Waals surface area contributed by atoms with Crippen LogP contribution in [0.1, 0.15) is 89.7 Å². The molecule has 0 aromatic heterocycles. The van der Waals surface area contributed by atoms with E-state index in [1.807, 2.05) is 54.6 Å². The number of unbranched alkanes of at least 4 members (excludes halogenated alkanes) is 7. The van der Waals surface area contributed by atoms with Gasteiger partial charge in [-0.25, -0.2) is 9.79 Å². The van der Waals surface area contributed by atoms with Crippen LogP contribution >= 0.6 is 0 Å². The molecule has 4 nitrogen and oxygen atoms in total. The molecule has 2 aromatic rings. The molecular weight excluding hydrogens is 434 g/mol. The van der Waals surface area contributed by atoms with Crippen molar-refractivity contribution in [1.29, 1.82) is 0 Å². The molecule has 2 rings (SSSR count). The molecule has 0 radical (unpaired) electrons. The first kappa shape index (κ1) is 28.4. The summed E-state index contributed by atoms with van der Waals surface area (Å²) in [6, 6.07) is 17.5. The zero-order valence-electron chi connectivity index (χ0n) is 21.9. The summed E-state index contributed by atoms with van der Waals surface area (Å²) < 4.78 is 11.4. The van der Waals surface area contributed by atoms with Crippen molar-refractivity contribution in [3.63, 3.8) is 0 Å². The molecule has 2 aromatic carbocycles. The van der Waals surface area contributed by atoms with E-state index < -0.39 is 5.97 Å². The van der Waals surface area contributed by atoms with E-state index in [0.717, 1.165) is 36.3 Å². The number of aliphatic imine (C=N–C) groups is 1. The van der Waals surface area contributed by atoms with Crippen LogP contribution in [0, 0.1) is 5.92 Å². The molecule has 0 saturated carbocycles. The SMILES string of the molecule is CCCCCCCCCCOc1ccc(C=NC(=Cc2ccccc2)C(=O)OCC(C)CC)cc1. The number of carbonyl (C=O) groups excluding carboxylic acids is 1. The Morgan fingerprint density at radius 2 is 1.51 bits per heavy atom. The average Bonchev–Trinajstić information content (AvgIpc) is 2.89. The molecule has 0 bridgehead atoms. The van der Waals surface area contributed by atoms with E-state index in [-0.39, 0.29) is 5.70 Å². The molecule has 190 valence electrons. The fourth-order valence-electron chi connectivity index (χ4n) is 3.49. The molecule has 0 fully saturated rings. The monoisotopic (exact) mass is 477 g/mol. The first-order valence-corrected chi connectivity index (χ1v) is 13.3. The number of ether oxygens (including phenoxy) is 2. The third kappa shape index (κ3) is 12.4. The standard InChI is InChI=1S/C31H43NO3/c1-4-6-7-8-9-10-11-15-22-34-29-20-18-28(19-21-29)24-32-30(23-27-16-13-12-14-17-27)31(33)35-25-26(3)5-2/h12-14,16-21,23-24,26H,4-11,15,22,25H2,1-3H3. The maximum absolute atomic E-state index is 12.7. The number of hydrogen-bond donors (Lipinski definition) is 0. The third-order valence-electron chi connectivity index (χ3n) is 6.01. The number of esters is 1. The highest BCUT2D eigenvalue weighted by molar-refractivity contribution is 5.96. The lowest BCUT2D eigenvalue weighted by Crippen LogP contribution is -2.12. The van der Waals surface area contributed by atoms with Gasteiger partial charge in [-0.15, -0.1) is 0 Å². The number of hydrogen-bond acceptors (Lipinski definition) is 4.